The van der Waals surface area contributed by atoms with Gasteiger partial charge in [0, 0.05) is 12.4 Å². The lowest BCUT2D eigenvalue weighted by atomic mass is 10.2. The Morgan fingerprint density at radius 3 is 2.80 bits per heavy atom. The van der Waals surface area contributed by atoms with E-state index in [1.54, 1.807) is 10.9 Å². The van der Waals surface area contributed by atoms with Crippen molar-refractivity contribution in [3.8, 4) is 0 Å². The molecule has 82 valence electrons. The molecule has 1 atom stereocenters. The topological polar surface area (TPSA) is 70.5 Å². The molecule has 1 aromatic heterocycles. The number of carboxylic acids is 1. The molecule has 1 amide bonds. The standard InChI is InChI=1S/C9H12N2O3S/c1-6(9(13)14)11(2)8(12)3-7-4-15-5-10-7/h4-6H,3H2,1-2H3,(H,13,14). The first kappa shape index (κ1) is 11.6. The lowest BCUT2D eigenvalue weighted by Gasteiger charge is -2.20. The number of aliphatic carboxylic acids is 1. The van der Waals surface area contributed by atoms with E-state index >= 15 is 0 Å². The molecule has 5 nitrogen and oxygen atoms in total. The third-order valence-electron chi connectivity index (χ3n) is 2.15. The molecule has 0 aromatic carbocycles. The van der Waals surface area contributed by atoms with Crippen LogP contribution in [0.25, 0.3) is 0 Å². The Kier molecular flexibility index (Phi) is 3.79. The summed E-state index contributed by atoms with van der Waals surface area (Å²) in [7, 11) is 1.48. The highest BCUT2D eigenvalue weighted by Gasteiger charge is 2.21. The predicted octanol–water partition coefficient (Wildman–Crippen LogP) is 0.617. The summed E-state index contributed by atoms with van der Waals surface area (Å²) in [6.07, 6.45) is 0.150. The minimum Gasteiger partial charge on any atom is -0.480 e. The second kappa shape index (κ2) is 4.88. The summed E-state index contributed by atoms with van der Waals surface area (Å²) in [5.41, 5.74) is 2.32. The second-order valence-corrected chi connectivity index (χ2v) is 3.89. The van der Waals surface area contributed by atoms with Gasteiger partial charge in [-0.3, -0.25) is 4.79 Å². The van der Waals surface area contributed by atoms with E-state index in [2.05, 4.69) is 4.98 Å². The summed E-state index contributed by atoms with van der Waals surface area (Å²) >= 11 is 1.41. The lowest BCUT2D eigenvalue weighted by Crippen LogP contribution is -2.41. The van der Waals surface area contributed by atoms with E-state index in [1.807, 2.05) is 0 Å². The van der Waals surface area contributed by atoms with Crippen LogP contribution in [-0.2, 0) is 16.0 Å². The van der Waals surface area contributed by atoms with Crippen LogP contribution < -0.4 is 0 Å². The first-order valence-electron chi connectivity index (χ1n) is 4.38. The lowest BCUT2D eigenvalue weighted by molar-refractivity contribution is -0.148. The normalized spacial score (nSPS) is 12.1. The van der Waals surface area contributed by atoms with Crippen LogP contribution in [0.1, 0.15) is 12.6 Å². The molecule has 0 fully saturated rings. The molecule has 1 aromatic rings. The van der Waals surface area contributed by atoms with Gasteiger partial charge in [0.25, 0.3) is 0 Å². The summed E-state index contributed by atoms with van der Waals surface area (Å²) in [6, 6.07) is -0.809. The van der Waals surface area contributed by atoms with E-state index in [-0.39, 0.29) is 12.3 Å². The number of carbonyl (C=O) groups excluding carboxylic acids is 1. The molecule has 0 spiro atoms. The van der Waals surface area contributed by atoms with Gasteiger partial charge in [-0.25, -0.2) is 9.78 Å². The predicted molar refractivity (Wildman–Crippen MR) is 55.7 cm³/mol. The molecular weight excluding hydrogens is 216 g/mol. The minimum atomic E-state index is -1.01. The fourth-order valence-corrected chi connectivity index (χ4v) is 1.54. The number of carboxylic acid groups (broad SMARTS) is 1. The second-order valence-electron chi connectivity index (χ2n) is 3.18. The Hall–Kier alpha value is -1.43. The van der Waals surface area contributed by atoms with Crippen LogP contribution in [0.4, 0.5) is 0 Å². The highest BCUT2D eigenvalue weighted by molar-refractivity contribution is 7.07. The Balaban J connectivity index is 2.57. The zero-order valence-corrected chi connectivity index (χ0v) is 9.32. The third-order valence-corrected chi connectivity index (χ3v) is 2.78. The number of nitrogens with zero attached hydrogens (tertiary/aromatic N) is 2. The van der Waals surface area contributed by atoms with Crippen LogP contribution in [0.2, 0.25) is 0 Å². The zero-order valence-electron chi connectivity index (χ0n) is 8.51. The van der Waals surface area contributed by atoms with Gasteiger partial charge in [0.1, 0.15) is 6.04 Å². The number of rotatable bonds is 4. The number of amides is 1. The Labute approximate surface area is 91.4 Å². The van der Waals surface area contributed by atoms with Crippen LogP contribution >= 0.6 is 11.3 Å². The van der Waals surface area contributed by atoms with Crippen LogP contribution in [-0.4, -0.2) is 40.0 Å². The van der Waals surface area contributed by atoms with Crippen molar-refractivity contribution in [2.45, 2.75) is 19.4 Å². The average molecular weight is 228 g/mol. The number of hydrogen-bond acceptors (Lipinski definition) is 4. The average Bonchev–Trinajstić information content (AvgIpc) is 2.67. The van der Waals surface area contributed by atoms with Crippen molar-refractivity contribution >= 4 is 23.2 Å². The van der Waals surface area contributed by atoms with Crippen molar-refractivity contribution in [2.24, 2.45) is 0 Å². The van der Waals surface area contributed by atoms with Gasteiger partial charge in [-0.05, 0) is 6.92 Å². The maximum absolute atomic E-state index is 11.6. The molecule has 0 saturated heterocycles. The van der Waals surface area contributed by atoms with Gasteiger partial charge >= 0.3 is 5.97 Å². The van der Waals surface area contributed by atoms with E-state index in [1.165, 1.54) is 30.2 Å². The Morgan fingerprint density at radius 2 is 2.33 bits per heavy atom. The van der Waals surface area contributed by atoms with E-state index in [0.29, 0.717) is 5.69 Å². The number of aromatic nitrogens is 1. The van der Waals surface area contributed by atoms with Gasteiger partial charge in [0.05, 0.1) is 17.6 Å². The highest BCUT2D eigenvalue weighted by Crippen LogP contribution is 2.05. The molecule has 0 radical (unpaired) electrons. The maximum Gasteiger partial charge on any atom is 0.326 e. The number of thiazole rings is 1. The third kappa shape index (κ3) is 3.02. The molecule has 1 rings (SSSR count). The summed E-state index contributed by atoms with van der Waals surface area (Å²) < 4.78 is 0. The molecule has 1 N–H and O–H groups in total. The number of carbonyl (C=O) groups is 2. The van der Waals surface area contributed by atoms with E-state index in [4.69, 9.17) is 5.11 Å². The SMILES string of the molecule is CC(C(=O)O)N(C)C(=O)Cc1cscn1. The zero-order chi connectivity index (χ0) is 11.4. The Bertz CT molecular complexity index is 350. The van der Waals surface area contributed by atoms with E-state index in [9.17, 15) is 9.59 Å². The van der Waals surface area contributed by atoms with Crippen LogP contribution in [0.3, 0.4) is 0 Å². The largest absolute Gasteiger partial charge is 0.480 e. The molecule has 0 bridgehead atoms. The summed E-state index contributed by atoms with van der Waals surface area (Å²) in [4.78, 5) is 27.4. The molecule has 1 unspecified atom stereocenters. The molecule has 15 heavy (non-hydrogen) atoms. The fraction of sp³-hybridized carbons (Fsp3) is 0.444. The van der Waals surface area contributed by atoms with Crippen molar-refractivity contribution < 1.29 is 14.7 Å². The van der Waals surface area contributed by atoms with Crippen molar-refractivity contribution in [2.75, 3.05) is 7.05 Å². The minimum absolute atomic E-state index is 0.150. The number of likely N-dealkylation sites (N-methyl/N-ethyl adjacent to an activating group) is 1. The quantitative estimate of drug-likeness (QED) is 0.820. The van der Waals surface area contributed by atoms with Gasteiger partial charge in [-0.2, -0.15) is 0 Å². The first-order valence-corrected chi connectivity index (χ1v) is 5.32. The number of hydrogen-bond donors (Lipinski definition) is 1. The summed E-state index contributed by atoms with van der Waals surface area (Å²) in [5, 5.41) is 10.5. The van der Waals surface area contributed by atoms with Crippen molar-refractivity contribution in [1.29, 1.82) is 0 Å². The van der Waals surface area contributed by atoms with Crippen LogP contribution in [0.15, 0.2) is 10.9 Å². The van der Waals surface area contributed by atoms with Gasteiger partial charge < -0.3 is 10.0 Å². The molecule has 0 saturated carbocycles. The van der Waals surface area contributed by atoms with E-state index in [0.717, 1.165) is 0 Å². The molecule has 1 heterocycles. The van der Waals surface area contributed by atoms with Gasteiger partial charge in [-0.15, -0.1) is 11.3 Å². The fourth-order valence-electron chi connectivity index (χ4n) is 0.986. The monoisotopic (exact) mass is 228 g/mol. The van der Waals surface area contributed by atoms with E-state index < -0.39 is 12.0 Å². The van der Waals surface area contributed by atoms with Crippen LogP contribution in [0.5, 0.6) is 0 Å². The van der Waals surface area contributed by atoms with Gasteiger partial charge in [0.15, 0.2) is 0 Å². The summed E-state index contributed by atoms with van der Waals surface area (Å²) in [5.74, 6) is -1.25. The smallest absolute Gasteiger partial charge is 0.326 e. The van der Waals surface area contributed by atoms with Crippen molar-refractivity contribution in [3.05, 3.63) is 16.6 Å². The van der Waals surface area contributed by atoms with Crippen molar-refractivity contribution in [3.63, 3.8) is 0 Å². The molecule has 0 aliphatic rings. The molecule has 0 aliphatic heterocycles. The molecule has 6 heteroatoms. The Morgan fingerprint density at radius 1 is 1.67 bits per heavy atom. The first-order chi connectivity index (χ1) is 7.02. The van der Waals surface area contributed by atoms with Gasteiger partial charge in [0.2, 0.25) is 5.91 Å². The maximum atomic E-state index is 11.6. The molecule has 0 aliphatic carbocycles. The highest BCUT2D eigenvalue weighted by atomic mass is 32.1. The van der Waals surface area contributed by atoms with Crippen molar-refractivity contribution in [1.82, 2.24) is 9.88 Å². The summed E-state index contributed by atoms with van der Waals surface area (Å²) in [6.45, 7) is 1.47. The van der Waals surface area contributed by atoms with Gasteiger partial charge in [-0.1, -0.05) is 0 Å². The van der Waals surface area contributed by atoms with Crippen LogP contribution in [0, 0.1) is 0 Å². The molecular formula is C9H12N2O3S.